The van der Waals surface area contributed by atoms with E-state index in [-0.39, 0.29) is 0 Å². The maximum atomic E-state index is 4.49. The molecule has 0 saturated heterocycles. The highest BCUT2D eigenvalue weighted by Crippen LogP contribution is 2.41. The maximum Gasteiger partial charge on any atom is 0.0959 e. The zero-order chi connectivity index (χ0) is 10.7. The largest absolute Gasteiger partial charge is 0.309 e. The van der Waals surface area contributed by atoms with Crippen molar-refractivity contribution in [2.75, 3.05) is 0 Å². The molecule has 2 nitrogen and oxygen atoms in total. The SMILES string of the molecule is CCC(CC)NCc1cnc(C2CC2)s1. The second-order valence-corrected chi connectivity index (χ2v) is 5.48. The number of hydrogen-bond acceptors (Lipinski definition) is 3. The standard InChI is InChI=1S/C12H20N2S/c1-3-10(4-2)13-7-11-8-14-12(15-11)9-5-6-9/h8-10,13H,3-7H2,1-2H3. The molecule has 0 amide bonds. The second kappa shape index (κ2) is 5.08. The quantitative estimate of drug-likeness (QED) is 0.802. The number of nitrogens with zero attached hydrogens (tertiary/aromatic N) is 1. The summed E-state index contributed by atoms with van der Waals surface area (Å²) < 4.78 is 0. The van der Waals surface area contributed by atoms with Gasteiger partial charge in [0.05, 0.1) is 5.01 Å². The van der Waals surface area contributed by atoms with Crippen LogP contribution in [0.2, 0.25) is 0 Å². The van der Waals surface area contributed by atoms with E-state index >= 15 is 0 Å². The molecule has 15 heavy (non-hydrogen) atoms. The van der Waals surface area contributed by atoms with Gasteiger partial charge in [-0.25, -0.2) is 4.98 Å². The first kappa shape index (κ1) is 11.1. The Morgan fingerprint density at radius 2 is 2.20 bits per heavy atom. The van der Waals surface area contributed by atoms with Gasteiger partial charge >= 0.3 is 0 Å². The fourth-order valence-electron chi connectivity index (χ4n) is 1.75. The van der Waals surface area contributed by atoms with Crippen LogP contribution in [0.25, 0.3) is 0 Å². The smallest absolute Gasteiger partial charge is 0.0959 e. The van der Waals surface area contributed by atoms with Crippen LogP contribution in [-0.4, -0.2) is 11.0 Å². The van der Waals surface area contributed by atoms with Crippen LogP contribution in [0.3, 0.4) is 0 Å². The van der Waals surface area contributed by atoms with Crippen molar-refractivity contribution in [3.63, 3.8) is 0 Å². The van der Waals surface area contributed by atoms with Crippen LogP contribution < -0.4 is 5.32 Å². The highest BCUT2D eigenvalue weighted by atomic mass is 32.1. The van der Waals surface area contributed by atoms with Crippen LogP contribution in [0, 0.1) is 0 Å². The number of rotatable bonds is 6. The normalized spacial score (nSPS) is 16.2. The highest BCUT2D eigenvalue weighted by Gasteiger charge is 2.26. The molecule has 0 aliphatic heterocycles. The summed E-state index contributed by atoms with van der Waals surface area (Å²) in [4.78, 5) is 5.88. The van der Waals surface area contributed by atoms with E-state index in [1.54, 1.807) is 0 Å². The molecule has 1 N–H and O–H groups in total. The molecule has 0 atom stereocenters. The number of hydrogen-bond donors (Lipinski definition) is 1. The third kappa shape index (κ3) is 3.02. The number of nitrogens with one attached hydrogen (secondary N) is 1. The van der Waals surface area contributed by atoms with Crippen molar-refractivity contribution in [1.29, 1.82) is 0 Å². The molecule has 1 saturated carbocycles. The topological polar surface area (TPSA) is 24.9 Å². The molecule has 0 radical (unpaired) electrons. The Bertz CT molecular complexity index is 300. The van der Waals surface area contributed by atoms with Gasteiger partial charge in [0, 0.05) is 29.6 Å². The van der Waals surface area contributed by atoms with E-state index in [2.05, 4.69) is 24.1 Å². The van der Waals surface area contributed by atoms with Crippen LogP contribution in [0.5, 0.6) is 0 Å². The summed E-state index contributed by atoms with van der Waals surface area (Å²) in [6.45, 7) is 5.48. The third-order valence-electron chi connectivity index (χ3n) is 3.05. The van der Waals surface area contributed by atoms with Gasteiger partial charge in [0.2, 0.25) is 0 Å². The first-order chi connectivity index (χ1) is 7.33. The zero-order valence-electron chi connectivity index (χ0n) is 9.62. The molecule has 0 unspecified atom stereocenters. The highest BCUT2D eigenvalue weighted by molar-refractivity contribution is 7.11. The maximum absolute atomic E-state index is 4.49. The summed E-state index contributed by atoms with van der Waals surface area (Å²) >= 11 is 1.89. The first-order valence-corrected chi connectivity index (χ1v) is 6.83. The molecule has 0 bridgehead atoms. The Hall–Kier alpha value is -0.410. The van der Waals surface area contributed by atoms with Gasteiger partial charge in [-0.3, -0.25) is 0 Å². The lowest BCUT2D eigenvalue weighted by molar-refractivity contribution is 0.486. The number of thiazole rings is 1. The lowest BCUT2D eigenvalue weighted by atomic mass is 10.2. The van der Waals surface area contributed by atoms with Gasteiger partial charge in [0.1, 0.15) is 0 Å². The second-order valence-electron chi connectivity index (χ2n) is 4.33. The van der Waals surface area contributed by atoms with Gasteiger partial charge in [-0.2, -0.15) is 0 Å². The van der Waals surface area contributed by atoms with E-state index in [0.29, 0.717) is 6.04 Å². The molecule has 1 aliphatic rings. The minimum atomic E-state index is 0.663. The van der Waals surface area contributed by atoms with Crippen molar-refractivity contribution in [2.24, 2.45) is 0 Å². The number of aromatic nitrogens is 1. The Labute approximate surface area is 96.1 Å². The molecule has 1 heterocycles. The van der Waals surface area contributed by atoms with E-state index in [1.165, 1.54) is 35.6 Å². The van der Waals surface area contributed by atoms with Gasteiger partial charge < -0.3 is 5.32 Å². The Morgan fingerprint density at radius 1 is 1.47 bits per heavy atom. The predicted octanol–water partition coefficient (Wildman–Crippen LogP) is 3.30. The minimum Gasteiger partial charge on any atom is -0.309 e. The Kier molecular flexibility index (Phi) is 3.76. The monoisotopic (exact) mass is 224 g/mol. The summed E-state index contributed by atoms with van der Waals surface area (Å²) in [6.07, 6.45) is 7.18. The van der Waals surface area contributed by atoms with Crippen LogP contribution in [0.1, 0.15) is 55.3 Å². The molecule has 84 valence electrons. The van der Waals surface area contributed by atoms with Crippen molar-refractivity contribution in [2.45, 2.75) is 58.0 Å². The van der Waals surface area contributed by atoms with E-state index in [1.807, 2.05) is 17.5 Å². The molecule has 0 aromatic carbocycles. The summed E-state index contributed by atoms with van der Waals surface area (Å²) in [5.41, 5.74) is 0. The van der Waals surface area contributed by atoms with Gasteiger partial charge in [0.25, 0.3) is 0 Å². The van der Waals surface area contributed by atoms with Crippen molar-refractivity contribution in [1.82, 2.24) is 10.3 Å². The molecule has 2 rings (SSSR count). The van der Waals surface area contributed by atoms with E-state index in [0.717, 1.165) is 12.5 Å². The van der Waals surface area contributed by atoms with Crippen molar-refractivity contribution >= 4 is 11.3 Å². The van der Waals surface area contributed by atoms with Crippen LogP contribution in [-0.2, 0) is 6.54 Å². The third-order valence-corrected chi connectivity index (χ3v) is 4.21. The fraction of sp³-hybridized carbons (Fsp3) is 0.750. The molecule has 1 aromatic rings. The summed E-state index contributed by atoms with van der Waals surface area (Å²) in [7, 11) is 0. The minimum absolute atomic E-state index is 0.663. The van der Waals surface area contributed by atoms with Crippen molar-refractivity contribution in [3.8, 4) is 0 Å². The molecule has 1 aliphatic carbocycles. The van der Waals surface area contributed by atoms with Crippen LogP contribution >= 0.6 is 11.3 Å². The molecule has 3 heteroatoms. The van der Waals surface area contributed by atoms with Gasteiger partial charge in [-0.1, -0.05) is 13.8 Å². The predicted molar refractivity (Wildman–Crippen MR) is 65.3 cm³/mol. The van der Waals surface area contributed by atoms with Crippen molar-refractivity contribution in [3.05, 3.63) is 16.1 Å². The molecular formula is C12H20N2S. The van der Waals surface area contributed by atoms with Gasteiger partial charge in [-0.15, -0.1) is 11.3 Å². The molecular weight excluding hydrogens is 204 g/mol. The summed E-state index contributed by atoms with van der Waals surface area (Å²) in [5.74, 6) is 0.803. The lowest BCUT2D eigenvalue weighted by Crippen LogP contribution is -2.26. The van der Waals surface area contributed by atoms with Crippen molar-refractivity contribution < 1.29 is 0 Å². The van der Waals surface area contributed by atoms with E-state index < -0.39 is 0 Å². The molecule has 0 spiro atoms. The van der Waals surface area contributed by atoms with Crippen LogP contribution in [0.4, 0.5) is 0 Å². The van der Waals surface area contributed by atoms with Crippen LogP contribution in [0.15, 0.2) is 6.20 Å². The molecule has 1 fully saturated rings. The van der Waals surface area contributed by atoms with Gasteiger partial charge in [0.15, 0.2) is 0 Å². The average Bonchev–Trinajstić information content (AvgIpc) is 3.01. The summed E-state index contributed by atoms with van der Waals surface area (Å²) in [5, 5.41) is 4.94. The zero-order valence-corrected chi connectivity index (χ0v) is 10.4. The first-order valence-electron chi connectivity index (χ1n) is 6.01. The average molecular weight is 224 g/mol. The van der Waals surface area contributed by atoms with Gasteiger partial charge in [-0.05, 0) is 25.7 Å². The molecule has 1 aromatic heterocycles. The van der Waals surface area contributed by atoms with E-state index in [4.69, 9.17) is 0 Å². The summed E-state index contributed by atoms with van der Waals surface area (Å²) in [6, 6.07) is 0.663. The van der Waals surface area contributed by atoms with E-state index in [9.17, 15) is 0 Å². The Morgan fingerprint density at radius 3 is 2.80 bits per heavy atom. The fourth-order valence-corrected chi connectivity index (χ4v) is 2.78. The Balaban J connectivity index is 1.82. The lowest BCUT2D eigenvalue weighted by Gasteiger charge is -2.13.